The number of carbonyl (C=O) groups excluding carboxylic acids is 1. The number of hydrogen-bond acceptors (Lipinski definition) is 6. The zero-order chi connectivity index (χ0) is 26.0. The number of thiazole rings is 1. The molecule has 194 valence electrons. The van der Waals surface area contributed by atoms with Crippen LogP contribution in [-0.4, -0.2) is 68.8 Å². The molecule has 1 amide bonds. The SMILES string of the molecule is Cc1ccc2sc(N(CCCN(C)C)C(=O)c3ccc(S(=O)(=O)N4CCC(C)CC4)cc3)nc2c1C. The molecule has 0 radical (unpaired) electrons. The number of benzene rings is 2. The van der Waals surface area contributed by atoms with Gasteiger partial charge in [-0.3, -0.25) is 9.69 Å². The van der Waals surface area contributed by atoms with Gasteiger partial charge in [-0.1, -0.05) is 24.3 Å². The summed E-state index contributed by atoms with van der Waals surface area (Å²) in [4.78, 5) is 22.6. The van der Waals surface area contributed by atoms with Crippen molar-refractivity contribution in [3.8, 4) is 0 Å². The normalized spacial score (nSPS) is 15.6. The minimum absolute atomic E-state index is 0.169. The first-order valence-corrected chi connectivity index (χ1v) is 14.8. The van der Waals surface area contributed by atoms with Crippen LogP contribution in [0, 0.1) is 19.8 Å². The predicted octanol–water partition coefficient (Wildman–Crippen LogP) is 4.93. The van der Waals surface area contributed by atoms with E-state index < -0.39 is 10.0 Å². The Hall–Kier alpha value is -2.33. The Labute approximate surface area is 218 Å². The minimum atomic E-state index is -3.56. The van der Waals surface area contributed by atoms with E-state index in [9.17, 15) is 13.2 Å². The summed E-state index contributed by atoms with van der Waals surface area (Å²) in [6, 6.07) is 10.5. The van der Waals surface area contributed by atoms with Gasteiger partial charge in [-0.2, -0.15) is 4.31 Å². The van der Waals surface area contributed by atoms with Crippen LogP contribution in [0.3, 0.4) is 0 Å². The summed E-state index contributed by atoms with van der Waals surface area (Å²) >= 11 is 1.51. The maximum atomic E-state index is 13.7. The fourth-order valence-electron chi connectivity index (χ4n) is 4.46. The van der Waals surface area contributed by atoms with Gasteiger partial charge in [0.25, 0.3) is 5.91 Å². The number of amides is 1. The van der Waals surface area contributed by atoms with Crippen LogP contribution in [0.5, 0.6) is 0 Å². The highest BCUT2D eigenvalue weighted by Crippen LogP contribution is 2.33. The number of carbonyl (C=O) groups is 1. The maximum Gasteiger partial charge on any atom is 0.260 e. The highest BCUT2D eigenvalue weighted by Gasteiger charge is 2.29. The van der Waals surface area contributed by atoms with Crippen molar-refractivity contribution in [1.82, 2.24) is 14.2 Å². The molecule has 0 unspecified atom stereocenters. The van der Waals surface area contributed by atoms with Crippen LogP contribution in [0.2, 0.25) is 0 Å². The van der Waals surface area contributed by atoms with Crippen molar-refractivity contribution in [3.05, 3.63) is 53.1 Å². The number of fused-ring (bicyclic) bond motifs is 1. The lowest BCUT2D eigenvalue weighted by atomic mass is 10.0. The Morgan fingerprint density at radius 1 is 1.06 bits per heavy atom. The van der Waals surface area contributed by atoms with E-state index in [0.717, 1.165) is 41.6 Å². The largest absolute Gasteiger partial charge is 0.309 e. The monoisotopic (exact) mass is 528 g/mol. The zero-order valence-corrected chi connectivity index (χ0v) is 23.5. The summed E-state index contributed by atoms with van der Waals surface area (Å²) in [5, 5.41) is 0.668. The third-order valence-electron chi connectivity index (χ3n) is 7.02. The molecule has 1 fully saturated rings. The van der Waals surface area contributed by atoms with Crippen molar-refractivity contribution >= 4 is 42.6 Å². The van der Waals surface area contributed by atoms with E-state index in [1.807, 2.05) is 14.1 Å². The Morgan fingerprint density at radius 3 is 2.36 bits per heavy atom. The third kappa shape index (κ3) is 5.64. The Balaban J connectivity index is 1.61. The van der Waals surface area contributed by atoms with Crippen LogP contribution in [-0.2, 0) is 10.0 Å². The molecular weight excluding hydrogens is 492 g/mol. The van der Waals surface area contributed by atoms with Crippen molar-refractivity contribution in [1.29, 1.82) is 0 Å². The molecule has 1 saturated heterocycles. The Bertz CT molecular complexity index is 1330. The second-order valence-corrected chi connectivity index (χ2v) is 13.0. The minimum Gasteiger partial charge on any atom is -0.309 e. The topological polar surface area (TPSA) is 73.8 Å². The quantitative estimate of drug-likeness (QED) is 0.414. The average Bonchev–Trinajstić information content (AvgIpc) is 3.29. The molecule has 1 aliphatic heterocycles. The maximum absolute atomic E-state index is 13.7. The molecule has 0 saturated carbocycles. The fourth-order valence-corrected chi connectivity index (χ4v) is 6.98. The summed E-state index contributed by atoms with van der Waals surface area (Å²) in [5.74, 6) is 0.378. The van der Waals surface area contributed by atoms with E-state index in [0.29, 0.717) is 36.2 Å². The smallest absolute Gasteiger partial charge is 0.260 e. The molecule has 7 nitrogen and oxygen atoms in total. The average molecular weight is 529 g/mol. The van der Waals surface area contributed by atoms with E-state index >= 15 is 0 Å². The summed E-state index contributed by atoms with van der Waals surface area (Å²) < 4.78 is 28.8. The van der Waals surface area contributed by atoms with Gasteiger partial charge >= 0.3 is 0 Å². The number of aryl methyl sites for hydroxylation is 2. The van der Waals surface area contributed by atoms with Crippen molar-refractivity contribution in [3.63, 3.8) is 0 Å². The lowest BCUT2D eigenvalue weighted by Gasteiger charge is -2.29. The van der Waals surface area contributed by atoms with Gasteiger partial charge in [-0.25, -0.2) is 13.4 Å². The van der Waals surface area contributed by atoms with Crippen LogP contribution in [0.4, 0.5) is 5.13 Å². The first-order chi connectivity index (χ1) is 17.1. The number of rotatable bonds is 8. The Kier molecular flexibility index (Phi) is 8.14. The van der Waals surface area contributed by atoms with Crippen LogP contribution < -0.4 is 4.90 Å². The van der Waals surface area contributed by atoms with Crippen molar-refractivity contribution in [2.75, 3.05) is 45.2 Å². The molecule has 4 rings (SSSR count). The van der Waals surface area contributed by atoms with Crippen LogP contribution in [0.1, 0.15) is 47.7 Å². The lowest BCUT2D eigenvalue weighted by molar-refractivity contribution is 0.0986. The molecule has 3 aromatic rings. The summed E-state index contributed by atoms with van der Waals surface area (Å²) in [6.45, 7) is 8.73. The van der Waals surface area contributed by atoms with Gasteiger partial charge < -0.3 is 4.90 Å². The van der Waals surface area contributed by atoms with Crippen LogP contribution >= 0.6 is 11.3 Å². The van der Waals surface area contributed by atoms with Gasteiger partial charge in [-0.05, 0) is 101 Å². The number of nitrogens with zero attached hydrogens (tertiary/aromatic N) is 4. The number of piperidine rings is 1. The van der Waals surface area contributed by atoms with Crippen LogP contribution in [0.25, 0.3) is 10.2 Å². The van der Waals surface area contributed by atoms with E-state index in [1.54, 1.807) is 33.5 Å². The molecule has 2 aromatic carbocycles. The van der Waals surface area contributed by atoms with E-state index in [-0.39, 0.29) is 10.8 Å². The number of hydrogen-bond donors (Lipinski definition) is 0. The van der Waals surface area contributed by atoms with Gasteiger partial charge in [0.1, 0.15) is 0 Å². The predicted molar refractivity (Wildman–Crippen MR) is 148 cm³/mol. The molecule has 0 atom stereocenters. The number of sulfonamides is 1. The zero-order valence-electron chi connectivity index (χ0n) is 21.8. The molecule has 0 spiro atoms. The molecule has 0 aliphatic carbocycles. The van der Waals surface area contributed by atoms with Crippen LogP contribution in [0.15, 0.2) is 41.3 Å². The van der Waals surface area contributed by atoms with Gasteiger partial charge in [0.15, 0.2) is 5.13 Å². The fraction of sp³-hybridized carbons (Fsp3) is 0.481. The first kappa shape index (κ1) is 26.7. The highest BCUT2D eigenvalue weighted by atomic mass is 32.2. The van der Waals surface area contributed by atoms with Gasteiger partial charge in [-0.15, -0.1) is 0 Å². The third-order valence-corrected chi connectivity index (χ3v) is 9.97. The van der Waals surface area contributed by atoms with Crippen molar-refractivity contribution in [2.45, 2.75) is 44.9 Å². The second kappa shape index (κ2) is 11.0. The molecule has 9 heteroatoms. The molecule has 1 aliphatic rings. The van der Waals surface area contributed by atoms with Crippen molar-refractivity contribution in [2.24, 2.45) is 5.92 Å². The number of aromatic nitrogens is 1. The summed E-state index contributed by atoms with van der Waals surface area (Å²) in [6.07, 6.45) is 2.55. The van der Waals surface area contributed by atoms with Gasteiger partial charge in [0.05, 0.1) is 15.1 Å². The van der Waals surface area contributed by atoms with Crippen molar-refractivity contribution < 1.29 is 13.2 Å². The van der Waals surface area contributed by atoms with E-state index in [4.69, 9.17) is 4.98 Å². The summed E-state index contributed by atoms with van der Waals surface area (Å²) in [7, 11) is 0.466. The van der Waals surface area contributed by atoms with E-state index in [1.165, 1.54) is 16.9 Å². The molecule has 1 aromatic heterocycles. The summed E-state index contributed by atoms with van der Waals surface area (Å²) in [5.41, 5.74) is 3.68. The van der Waals surface area contributed by atoms with Gasteiger partial charge in [0, 0.05) is 25.2 Å². The van der Waals surface area contributed by atoms with E-state index in [2.05, 4.69) is 37.8 Å². The number of anilines is 1. The lowest BCUT2D eigenvalue weighted by Crippen LogP contribution is -2.38. The molecule has 0 bridgehead atoms. The first-order valence-electron chi connectivity index (χ1n) is 12.5. The molecule has 36 heavy (non-hydrogen) atoms. The standard InChI is InChI=1S/C27H36N4O3S2/c1-19-13-17-30(18-14-19)36(33,34)23-10-8-22(9-11-23)26(32)31(16-6-15-29(4)5)27-28-25-21(3)20(2)7-12-24(25)35-27/h7-12,19H,6,13-18H2,1-5H3. The van der Waals surface area contributed by atoms with Gasteiger partial charge in [0.2, 0.25) is 10.0 Å². The highest BCUT2D eigenvalue weighted by molar-refractivity contribution is 7.89. The molecular formula is C27H36N4O3S2. The molecule has 0 N–H and O–H groups in total. The Morgan fingerprint density at radius 2 is 1.72 bits per heavy atom. The second-order valence-electron chi connectivity index (χ2n) is 10.1. The molecule has 2 heterocycles.